The standard InChI is InChI=1S/C44H31N3/c1-44(2)37-27-14-13-22-32(37)35-25-15-26-36(40(35)44)38-33-23-11-9-20-30(33)31-21-10-12-24-34(31)39(38)43-46-41(28-16-5-3-6-17-28)45-42(47-43)29-18-7-4-8-19-29/h3-27H,1-2H3. The van der Waals surface area contributed by atoms with E-state index in [4.69, 9.17) is 15.0 Å². The lowest BCUT2D eigenvalue weighted by Crippen LogP contribution is -2.16. The molecule has 0 amide bonds. The SMILES string of the molecule is CC1(C)c2ccccc2-c2cccc(-c3c(-c4nc(-c5ccccc5)nc(-c5ccccc5)n4)c4ccccc4c4ccccc34)c21. The average molecular weight is 602 g/mol. The summed E-state index contributed by atoms with van der Waals surface area (Å²) in [6.07, 6.45) is 0. The van der Waals surface area contributed by atoms with E-state index in [1.54, 1.807) is 0 Å². The Hall–Kier alpha value is -5.93. The fourth-order valence-corrected chi connectivity index (χ4v) is 7.63. The van der Waals surface area contributed by atoms with E-state index in [-0.39, 0.29) is 5.41 Å². The Morgan fingerprint density at radius 1 is 0.362 bits per heavy atom. The van der Waals surface area contributed by atoms with Gasteiger partial charge in [0.2, 0.25) is 0 Å². The molecule has 0 atom stereocenters. The summed E-state index contributed by atoms with van der Waals surface area (Å²) in [5.41, 5.74) is 10.4. The molecule has 3 nitrogen and oxygen atoms in total. The first-order chi connectivity index (χ1) is 23.1. The van der Waals surface area contributed by atoms with Crippen LogP contribution >= 0.6 is 0 Å². The van der Waals surface area contributed by atoms with E-state index in [1.807, 2.05) is 36.4 Å². The second-order valence-electron chi connectivity index (χ2n) is 12.8. The molecular weight excluding hydrogens is 571 g/mol. The minimum Gasteiger partial charge on any atom is -0.208 e. The van der Waals surface area contributed by atoms with Crippen molar-refractivity contribution < 1.29 is 0 Å². The highest BCUT2D eigenvalue weighted by Gasteiger charge is 2.38. The van der Waals surface area contributed by atoms with Crippen LogP contribution in [-0.4, -0.2) is 15.0 Å². The van der Waals surface area contributed by atoms with Gasteiger partial charge in [-0.2, -0.15) is 0 Å². The van der Waals surface area contributed by atoms with Crippen molar-refractivity contribution in [1.82, 2.24) is 15.0 Å². The van der Waals surface area contributed by atoms with Gasteiger partial charge in [-0.25, -0.2) is 15.0 Å². The molecule has 0 saturated carbocycles. The zero-order valence-corrected chi connectivity index (χ0v) is 26.3. The summed E-state index contributed by atoms with van der Waals surface area (Å²) in [6.45, 7) is 4.71. The van der Waals surface area contributed by atoms with Gasteiger partial charge in [-0.05, 0) is 49.4 Å². The summed E-state index contributed by atoms with van der Waals surface area (Å²) in [4.78, 5) is 15.6. The zero-order chi connectivity index (χ0) is 31.5. The Labute approximate surface area is 274 Å². The molecule has 0 aliphatic heterocycles. The molecule has 0 bridgehead atoms. The van der Waals surface area contributed by atoms with E-state index in [9.17, 15) is 0 Å². The first kappa shape index (κ1) is 27.4. The van der Waals surface area contributed by atoms with Crippen LogP contribution in [0.4, 0.5) is 0 Å². The van der Waals surface area contributed by atoms with Gasteiger partial charge >= 0.3 is 0 Å². The highest BCUT2D eigenvalue weighted by atomic mass is 15.0. The smallest absolute Gasteiger partial charge is 0.165 e. The molecule has 1 aliphatic rings. The highest BCUT2D eigenvalue weighted by Crippen LogP contribution is 2.54. The molecular formula is C44H31N3. The molecule has 8 aromatic rings. The van der Waals surface area contributed by atoms with Gasteiger partial charge < -0.3 is 0 Å². The fourth-order valence-electron chi connectivity index (χ4n) is 7.63. The third-order valence-corrected chi connectivity index (χ3v) is 9.71. The number of fused-ring (bicyclic) bond motifs is 6. The number of rotatable bonds is 4. The predicted molar refractivity (Wildman–Crippen MR) is 194 cm³/mol. The first-order valence-corrected chi connectivity index (χ1v) is 16.1. The van der Waals surface area contributed by atoms with Gasteiger partial charge in [0.25, 0.3) is 0 Å². The quantitative estimate of drug-likeness (QED) is 0.188. The van der Waals surface area contributed by atoms with E-state index in [0.717, 1.165) is 27.6 Å². The van der Waals surface area contributed by atoms with E-state index in [2.05, 4.69) is 129 Å². The Bertz CT molecular complexity index is 2420. The topological polar surface area (TPSA) is 38.7 Å². The van der Waals surface area contributed by atoms with Crippen LogP contribution in [-0.2, 0) is 5.41 Å². The molecule has 0 saturated heterocycles. The van der Waals surface area contributed by atoms with Crippen molar-refractivity contribution in [3.63, 3.8) is 0 Å². The summed E-state index contributed by atoms with van der Waals surface area (Å²) in [5.74, 6) is 1.98. The van der Waals surface area contributed by atoms with Gasteiger partial charge in [0.15, 0.2) is 17.5 Å². The summed E-state index contributed by atoms with van der Waals surface area (Å²) in [5, 5.41) is 4.70. The number of benzene rings is 7. The number of aromatic nitrogens is 3. The Kier molecular flexibility index (Phi) is 6.16. The van der Waals surface area contributed by atoms with E-state index < -0.39 is 0 Å². The van der Waals surface area contributed by atoms with Crippen LogP contribution in [0, 0.1) is 0 Å². The van der Waals surface area contributed by atoms with Gasteiger partial charge in [-0.1, -0.05) is 166 Å². The van der Waals surface area contributed by atoms with Gasteiger partial charge in [0, 0.05) is 27.7 Å². The van der Waals surface area contributed by atoms with Crippen molar-refractivity contribution in [1.29, 1.82) is 0 Å². The lowest BCUT2D eigenvalue weighted by atomic mass is 9.76. The largest absolute Gasteiger partial charge is 0.208 e. The molecule has 0 spiro atoms. The second-order valence-corrected chi connectivity index (χ2v) is 12.8. The summed E-state index contributed by atoms with van der Waals surface area (Å²) < 4.78 is 0. The number of nitrogens with zero attached hydrogens (tertiary/aromatic N) is 3. The van der Waals surface area contributed by atoms with Gasteiger partial charge in [0.1, 0.15) is 0 Å². The fraction of sp³-hybridized carbons (Fsp3) is 0.0682. The molecule has 7 aromatic carbocycles. The minimum absolute atomic E-state index is 0.198. The number of hydrogen-bond acceptors (Lipinski definition) is 3. The molecule has 0 fully saturated rings. The van der Waals surface area contributed by atoms with Crippen LogP contribution in [0.15, 0.2) is 152 Å². The van der Waals surface area contributed by atoms with Crippen molar-refractivity contribution in [3.8, 4) is 56.4 Å². The van der Waals surface area contributed by atoms with E-state index in [0.29, 0.717) is 17.5 Å². The molecule has 9 rings (SSSR count). The van der Waals surface area contributed by atoms with Crippen molar-refractivity contribution in [2.45, 2.75) is 19.3 Å². The molecule has 1 heterocycles. The molecule has 222 valence electrons. The third kappa shape index (κ3) is 4.24. The van der Waals surface area contributed by atoms with Crippen LogP contribution in [0.2, 0.25) is 0 Å². The van der Waals surface area contributed by atoms with E-state index >= 15 is 0 Å². The van der Waals surface area contributed by atoms with Crippen LogP contribution in [0.1, 0.15) is 25.0 Å². The molecule has 0 radical (unpaired) electrons. The lowest BCUT2D eigenvalue weighted by molar-refractivity contribution is 0.662. The molecule has 0 N–H and O–H groups in total. The lowest BCUT2D eigenvalue weighted by Gasteiger charge is -2.26. The van der Waals surface area contributed by atoms with Crippen molar-refractivity contribution >= 4 is 21.5 Å². The van der Waals surface area contributed by atoms with Gasteiger partial charge in [0.05, 0.1) is 0 Å². The van der Waals surface area contributed by atoms with Crippen LogP contribution in [0.5, 0.6) is 0 Å². The average Bonchev–Trinajstić information content (AvgIpc) is 3.38. The monoisotopic (exact) mass is 601 g/mol. The van der Waals surface area contributed by atoms with Crippen molar-refractivity contribution in [2.75, 3.05) is 0 Å². The summed E-state index contributed by atoms with van der Waals surface area (Å²) >= 11 is 0. The maximum Gasteiger partial charge on any atom is 0.165 e. The molecule has 47 heavy (non-hydrogen) atoms. The molecule has 1 aromatic heterocycles. The molecule has 0 unspecified atom stereocenters. The maximum atomic E-state index is 5.29. The Morgan fingerprint density at radius 3 is 1.43 bits per heavy atom. The van der Waals surface area contributed by atoms with Crippen LogP contribution in [0.25, 0.3) is 78.0 Å². The summed E-state index contributed by atoms with van der Waals surface area (Å²) in [6, 6.07) is 53.5. The molecule has 1 aliphatic carbocycles. The van der Waals surface area contributed by atoms with Gasteiger partial charge in [-0.3, -0.25) is 0 Å². The predicted octanol–water partition coefficient (Wildman–Crippen LogP) is 11.2. The Balaban J connectivity index is 1.45. The zero-order valence-electron chi connectivity index (χ0n) is 26.3. The van der Waals surface area contributed by atoms with Crippen LogP contribution < -0.4 is 0 Å². The normalized spacial score (nSPS) is 13.1. The Morgan fingerprint density at radius 2 is 0.809 bits per heavy atom. The molecule has 3 heteroatoms. The van der Waals surface area contributed by atoms with Crippen molar-refractivity contribution in [3.05, 3.63) is 163 Å². The van der Waals surface area contributed by atoms with Crippen LogP contribution in [0.3, 0.4) is 0 Å². The van der Waals surface area contributed by atoms with Gasteiger partial charge in [-0.15, -0.1) is 0 Å². The maximum absolute atomic E-state index is 5.29. The first-order valence-electron chi connectivity index (χ1n) is 16.1. The minimum atomic E-state index is -0.198. The highest BCUT2D eigenvalue weighted by molar-refractivity contribution is 6.21. The van der Waals surface area contributed by atoms with E-state index in [1.165, 1.54) is 44.0 Å². The third-order valence-electron chi connectivity index (χ3n) is 9.71. The summed E-state index contributed by atoms with van der Waals surface area (Å²) in [7, 11) is 0. The second kappa shape index (κ2) is 10.6. The van der Waals surface area contributed by atoms with Crippen molar-refractivity contribution in [2.24, 2.45) is 0 Å². The number of hydrogen-bond donors (Lipinski definition) is 0.